The fraction of sp³-hybridized carbons (Fsp3) is 0.308. The van der Waals surface area contributed by atoms with E-state index in [9.17, 15) is 14.4 Å². The Bertz CT molecular complexity index is 445. The largest absolute Gasteiger partial charge is 0.481 e. The molecule has 0 aliphatic rings. The van der Waals surface area contributed by atoms with Crippen molar-refractivity contribution in [2.24, 2.45) is 0 Å². The lowest BCUT2D eigenvalue weighted by atomic mass is 10.3. The van der Waals surface area contributed by atoms with Crippen LogP contribution in [-0.4, -0.2) is 29.4 Å². The summed E-state index contributed by atoms with van der Waals surface area (Å²) in [5.41, 5.74) is 0.699. The van der Waals surface area contributed by atoms with E-state index in [2.05, 4.69) is 10.6 Å². The second kappa shape index (κ2) is 7.86. The van der Waals surface area contributed by atoms with Crippen molar-refractivity contribution >= 4 is 23.5 Å². The molecule has 102 valence electrons. The predicted octanol–water partition coefficient (Wildman–Crippen LogP) is 0.996. The van der Waals surface area contributed by atoms with Crippen molar-refractivity contribution < 1.29 is 19.5 Å². The summed E-state index contributed by atoms with van der Waals surface area (Å²) < 4.78 is 0. The molecule has 0 radical (unpaired) electrons. The number of carbonyl (C=O) groups is 3. The molecule has 0 bridgehead atoms. The van der Waals surface area contributed by atoms with E-state index in [-0.39, 0.29) is 37.6 Å². The molecule has 0 spiro atoms. The zero-order chi connectivity index (χ0) is 14.1. The zero-order valence-electron chi connectivity index (χ0n) is 10.4. The van der Waals surface area contributed by atoms with E-state index >= 15 is 0 Å². The summed E-state index contributed by atoms with van der Waals surface area (Å²) in [6.07, 6.45) is -0.134. The lowest BCUT2D eigenvalue weighted by Crippen LogP contribution is -2.27. The Balaban J connectivity index is 2.17. The second-order valence-corrected chi connectivity index (χ2v) is 3.91. The van der Waals surface area contributed by atoms with Crippen molar-refractivity contribution in [2.45, 2.75) is 19.3 Å². The fourth-order valence-corrected chi connectivity index (χ4v) is 1.37. The summed E-state index contributed by atoms with van der Waals surface area (Å²) in [5, 5.41) is 13.6. The molecule has 0 unspecified atom stereocenters. The Morgan fingerprint density at radius 1 is 0.947 bits per heavy atom. The molecule has 19 heavy (non-hydrogen) atoms. The first-order valence-electron chi connectivity index (χ1n) is 5.91. The van der Waals surface area contributed by atoms with Gasteiger partial charge in [0.2, 0.25) is 11.8 Å². The van der Waals surface area contributed by atoms with Crippen LogP contribution in [0.4, 0.5) is 5.69 Å². The molecule has 0 saturated carbocycles. The monoisotopic (exact) mass is 264 g/mol. The van der Waals surface area contributed by atoms with Crippen LogP contribution >= 0.6 is 0 Å². The Kier molecular flexibility index (Phi) is 6.08. The summed E-state index contributed by atoms with van der Waals surface area (Å²) in [7, 11) is 0. The number of carboxylic acid groups (broad SMARTS) is 1. The number of benzene rings is 1. The summed E-state index contributed by atoms with van der Waals surface area (Å²) in [4.78, 5) is 32.9. The molecule has 0 fully saturated rings. The van der Waals surface area contributed by atoms with E-state index in [1.807, 2.05) is 18.2 Å². The van der Waals surface area contributed by atoms with E-state index in [0.29, 0.717) is 5.69 Å². The molecule has 6 nitrogen and oxygen atoms in total. The van der Waals surface area contributed by atoms with Crippen LogP contribution in [-0.2, 0) is 14.4 Å². The molecule has 1 aromatic carbocycles. The van der Waals surface area contributed by atoms with Crippen molar-refractivity contribution in [2.75, 3.05) is 11.9 Å². The highest BCUT2D eigenvalue weighted by molar-refractivity contribution is 5.91. The third-order valence-corrected chi connectivity index (χ3v) is 2.30. The third kappa shape index (κ3) is 6.82. The number of aliphatic carboxylic acids is 1. The van der Waals surface area contributed by atoms with Crippen LogP contribution < -0.4 is 10.6 Å². The molecular formula is C13H16N2O4. The van der Waals surface area contributed by atoms with Crippen LogP contribution in [0.3, 0.4) is 0 Å². The van der Waals surface area contributed by atoms with Crippen LogP contribution in [0.5, 0.6) is 0 Å². The summed E-state index contributed by atoms with van der Waals surface area (Å²) >= 11 is 0. The Hall–Kier alpha value is -2.37. The van der Waals surface area contributed by atoms with Crippen molar-refractivity contribution in [3.8, 4) is 0 Å². The molecule has 0 atom stereocenters. The molecule has 1 rings (SSSR count). The minimum atomic E-state index is -1.02. The van der Waals surface area contributed by atoms with E-state index in [4.69, 9.17) is 5.11 Å². The van der Waals surface area contributed by atoms with Gasteiger partial charge in [0, 0.05) is 25.1 Å². The van der Waals surface area contributed by atoms with Gasteiger partial charge in [0.25, 0.3) is 0 Å². The molecule has 0 aliphatic carbocycles. The molecule has 0 saturated heterocycles. The van der Waals surface area contributed by atoms with Gasteiger partial charge in [-0.3, -0.25) is 14.4 Å². The summed E-state index contributed by atoms with van der Waals surface area (Å²) in [6.45, 7) is 0.192. The molecule has 2 amide bonds. The number of rotatable bonds is 7. The van der Waals surface area contributed by atoms with Gasteiger partial charge in [0.15, 0.2) is 0 Å². The molecule has 0 heterocycles. The van der Waals surface area contributed by atoms with Crippen molar-refractivity contribution in [1.82, 2.24) is 5.32 Å². The van der Waals surface area contributed by atoms with Crippen molar-refractivity contribution in [3.05, 3.63) is 30.3 Å². The first-order chi connectivity index (χ1) is 9.08. The van der Waals surface area contributed by atoms with Gasteiger partial charge in [-0.25, -0.2) is 0 Å². The molecule has 0 aromatic heterocycles. The Morgan fingerprint density at radius 3 is 2.26 bits per heavy atom. The highest BCUT2D eigenvalue weighted by atomic mass is 16.4. The average Bonchev–Trinajstić information content (AvgIpc) is 2.37. The molecule has 1 aromatic rings. The first-order valence-corrected chi connectivity index (χ1v) is 5.91. The highest BCUT2D eigenvalue weighted by Gasteiger charge is 2.06. The molecule has 0 aliphatic heterocycles. The number of amides is 2. The maximum Gasteiger partial charge on any atom is 0.303 e. The van der Waals surface area contributed by atoms with Crippen LogP contribution in [0.1, 0.15) is 19.3 Å². The summed E-state index contributed by atoms with van der Waals surface area (Å²) in [5.74, 6) is -1.59. The van der Waals surface area contributed by atoms with E-state index in [1.165, 1.54) is 0 Å². The number of para-hydroxylation sites is 1. The van der Waals surface area contributed by atoms with Gasteiger partial charge in [-0.05, 0) is 12.1 Å². The summed E-state index contributed by atoms with van der Waals surface area (Å²) in [6, 6.07) is 9.00. The van der Waals surface area contributed by atoms with Crippen molar-refractivity contribution in [3.63, 3.8) is 0 Å². The first kappa shape index (κ1) is 14.7. The topological polar surface area (TPSA) is 95.5 Å². The maximum absolute atomic E-state index is 11.5. The van der Waals surface area contributed by atoms with E-state index < -0.39 is 5.97 Å². The maximum atomic E-state index is 11.5. The average molecular weight is 264 g/mol. The van der Waals surface area contributed by atoms with Gasteiger partial charge in [-0.2, -0.15) is 0 Å². The zero-order valence-corrected chi connectivity index (χ0v) is 10.4. The van der Waals surface area contributed by atoms with Gasteiger partial charge in [-0.1, -0.05) is 18.2 Å². The van der Waals surface area contributed by atoms with Gasteiger partial charge >= 0.3 is 5.97 Å². The standard InChI is InChI=1S/C13H16N2O4/c16-11(6-7-13(18)19)14-9-8-12(17)15-10-4-2-1-3-5-10/h1-5H,6-9H2,(H,14,16)(H,15,17)(H,18,19). The van der Waals surface area contributed by atoms with Crippen molar-refractivity contribution in [1.29, 1.82) is 0 Å². The lowest BCUT2D eigenvalue weighted by Gasteiger charge is -2.06. The third-order valence-electron chi connectivity index (χ3n) is 2.30. The fourth-order valence-electron chi connectivity index (χ4n) is 1.37. The number of hydrogen-bond donors (Lipinski definition) is 3. The number of anilines is 1. The Labute approximate surface area is 110 Å². The number of carboxylic acids is 1. The van der Waals surface area contributed by atoms with Gasteiger partial charge < -0.3 is 15.7 Å². The molecule has 6 heteroatoms. The quantitative estimate of drug-likeness (QED) is 0.684. The lowest BCUT2D eigenvalue weighted by molar-refractivity contribution is -0.138. The van der Waals surface area contributed by atoms with Crippen LogP contribution in [0.2, 0.25) is 0 Å². The van der Waals surface area contributed by atoms with Gasteiger partial charge in [-0.15, -0.1) is 0 Å². The van der Waals surface area contributed by atoms with Gasteiger partial charge in [0.1, 0.15) is 0 Å². The van der Waals surface area contributed by atoms with E-state index in [0.717, 1.165) is 0 Å². The highest BCUT2D eigenvalue weighted by Crippen LogP contribution is 2.04. The van der Waals surface area contributed by atoms with Gasteiger partial charge in [0.05, 0.1) is 6.42 Å². The Morgan fingerprint density at radius 2 is 1.63 bits per heavy atom. The number of hydrogen-bond acceptors (Lipinski definition) is 3. The van der Waals surface area contributed by atoms with E-state index in [1.54, 1.807) is 12.1 Å². The minimum absolute atomic E-state index is 0.0738. The molecular weight excluding hydrogens is 248 g/mol. The minimum Gasteiger partial charge on any atom is -0.481 e. The normalized spacial score (nSPS) is 9.68. The SMILES string of the molecule is O=C(O)CCC(=O)NCCC(=O)Nc1ccccc1. The second-order valence-electron chi connectivity index (χ2n) is 3.91. The number of nitrogens with one attached hydrogen (secondary N) is 2. The van der Waals surface area contributed by atoms with Crippen LogP contribution in [0, 0.1) is 0 Å². The van der Waals surface area contributed by atoms with Crippen LogP contribution in [0.25, 0.3) is 0 Å². The smallest absolute Gasteiger partial charge is 0.303 e. The van der Waals surface area contributed by atoms with Crippen LogP contribution in [0.15, 0.2) is 30.3 Å². The number of carbonyl (C=O) groups excluding carboxylic acids is 2. The predicted molar refractivity (Wildman–Crippen MR) is 69.6 cm³/mol. The molecule has 3 N–H and O–H groups in total.